The average molecular weight is 2140 g/mol. The molecule has 12 aromatic rings. The molecule has 8 aromatic carbocycles. The van der Waals surface area contributed by atoms with Gasteiger partial charge in [0.05, 0.1) is 105 Å². The number of piperidine rings is 4. The third-order valence-corrected chi connectivity index (χ3v) is 29.3. The Balaban J connectivity index is 0.000000132. The Morgan fingerprint density at radius 1 is 0.382 bits per heavy atom. The first kappa shape index (κ1) is 104. The van der Waals surface area contributed by atoms with Crippen molar-refractivity contribution in [3.63, 3.8) is 0 Å². The number of hydrogen-bond donors (Lipinski definition) is 6. The molecule has 144 heavy (non-hydrogen) atoms. The number of nitrogens with zero attached hydrogens (tertiary/aromatic N) is 11. The van der Waals surface area contributed by atoms with Crippen molar-refractivity contribution < 1.29 is 79.7 Å². The molecule has 760 valence electrons. The van der Waals surface area contributed by atoms with Gasteiger partial charge in [0.25, 0.3) is 0 Å². The van der Waals surface area contributed by atoms with Crippen LogP contribution in [0.25, 0.3) is 43.6 Å². The van der Waals surface area contributed by atoms with Gasteiger partial charge < -0.3 is 89.0 Å². The normalized spacial score (nSPS) is 21.2. The van der Waals surface area contributed by atoms with E-state index in [1.807, 2.05) is 89.1 Å². The second kappa shape index (κ2) is 44.4. The Morgan fingerprint density at radius 2 is 0.646 bits per heavy atom. The van der Waals surface area contributed by atoms with E-state index in [-0.39, 0.29) is 153 Å². The van der Waals surface area contributed by atoms with E-state index in [4.69, 9.17) is 135 Å². The van der Waals surface area contributed by atoms with Crippen molar-refractivity contribution in [1.29, 1.82) is 0 Å². The number of phenols is 1. The van der Waals surface area contributed by atoms with Crippen LogP contribution in [-0.4, -0.2) is 182 Å². The fourth-order valence-corrected chi connectivity index (χ4v) is 21.3. The molecule has 4 unspecified atom stereocenters. The number of halogens is 12. The maximum absolute atomic E-state index is 14.8. The van der Waals surface area contributed by atoms with Crippen molar-refractivity contribution >= 4 is 201 Å². The molecule has 0 aliphatic carbocycles. The molecule has 4 aromatic heterocycles. The Kier molecular flexibility index (Phi) is 32.0. The summed E-state index contributed by atoms with van der Waals surface area (Å²) in [5.74, 6) is 2.45. The second-order valence-corrected chi connectivity index (χ2v) is 41.4. The molecule has 0 spiro atoms. The first-order chi connectivity index (χ1) is 68.9. The highest BCUT2D eigenvalue weighted by atomic mass is 35.5. The van der Waals surface area contributed by atoms with Crippen molar-refractivity contribution in [3.05, 3.63) is 198 Å². The third kappa shape index (κ3) is 23.4. The molecule has 41 heteroatoms. The van der Waals surface area contributed by atoms with Gasteiger partial charge >= 0.3 is 12.2 Å². The van der Waals surface area contributed by atoms with Crippen LogP contribution < -0.4 is 59.7 Å². The number of fused-ring (bicyclic) bond motifs is 12. The lowest BCUT2D eigenvalue weighted by Crippen LogP contribution is -2.50. The first-order valence-electron chi connectivity index (χ1n) is 47.7. The molecular formula is C103H106Cl8F4N16O13. The monoisotopic (exact) mass is 2130 g/mol. The Hall–Kier alpha value is -11.5. The Morgan fingerprint density at radius 3 is 0.924 bits per heavy atom. The highest BCUT2D eigenvalue weighted by molar-refractivity contribution is 6.44. The fraction of sp³-hybridized carbons (Fsp3) is 0.408. The molecular weight excluding hydrogens is 2030 g/mol. The highest BCUT2D eigenvalue weighted by Crippen LogP contribution is 2.49. The molecule has 6 N–H and O–H groups in total. The van der Waals surface area contributed by atoms with Gasteiger partial charge in [-0.2, -0.15) is 0 Å². The minimum atomic E-state index is -0.705. The van der Waals surface area contributed by atoms with Gasteiger partial charge in [0.1, 0.15) is 84.2 Å². The van der Waals surface area contributed by atoms with Crippen molar-refractivity contribution in [2.45, 2.75) is 249 Å². The lowest BCUT2D eigenvalue weighted by molar-refractivity contribution is -0.131. The lowest BCUT2D eigenvalue weighted by Gasteiger charge is -2.39. The van der Waals surface area contributed by atoms with Crippen LogP contribution in [0.15, 0.2) is 135 Å². The number of hydrogen-bond acceptors (Lipinski definition) is 26. The zero-order chi connectivity index (χ0) is 102. The summed E-state index contributed by atoms with van der Waals surface area (Å²) < 4.78 is 113. The van der Waals surface area contributed by atoms with Gasteiger partial charge in [0, 0.05) is 133 Å². The number of benzene rings is 8. The maximum Gasteiger partial charge on any atom is 0.410 e. The van der Waals surface area contributed by atoms with Crippen LogP contribution in [0.4, 0.5) is 73.2 Å². The van der Waals surface area contributed by atoms with E-state index in [9.17, 15) is 37.1 Å². The minimum Gasteiger partial charge on any atom is -0.504 e. The predicted octanol–water partition coefficient (Wildman–Crippen LogP) is 26.5. The molecule has 0 radical (unpaired) electrons. The van der Waals surface area contributed by atoms with Gasteiger partial charge in [-0.05, 0) is 205 Å². The zero-order valence-electron chi connectivity index (χ0n) is 80.0. The Bertz CT molecular complexity index is 6810. The quantitative estimate of drug-likeness (QED) is 0.0197. The van der Waals surface area contributed by atoms with Crippen molar-refractivity contribution in [1.82, 2.24) is 59.9 Å². The SMILES string of the molecule is C=CC(=O)N1[C@@H]2CC[C@H]1CC(Oc1cc3c(Nc4ccc(Cl)c(Cl)c4F)ncnc3cc1OCC)C2.CC(C)(C)OC(=O)N1[C@@H]2CC[C@H]1CC(Oc1cc3c(Nc4ccc(Cl)c(Cl)c4F)ncnc3cc1O)C2.CCOc1cc2ncnc(Nc3ccc(Cl)c(Cl)c3F)c2cc1OC1C[C@H]2CC[C@@H](C1)N2.CCOc1cc2ncnc(Nc3ccc(Cl)c(Cl)c3F)c2cc1OC1C[C@H]2CC[C@@H](C1)N2C(=O)OC(C)(C)C. The van der Waals surface area contributed by atoms with Crippen molar-refractivity contribution in [3.8, 4) is 46.0 Å². The summed E-state index contributed by atoms with van der Waals surface area (Å²) >= 11 is 47.6. The molecule has 3 amide bonds. The van der Waals surface area contributed by atoms with Crippen molar-refractivity contribution in [2.24, 2.45) is 0 Å². The fourth-order valence-electron chi connectivity index (χ4n) is 20.0. The zero-order valence-corrected chi connectivity index (χ0v) is 86.0. The number of carbonyl (C=O) groups excluding carboxylic acids is 3. The number of carbonyl (C=O) groups is 3. The lowest BCUT2D eigenvalue weighted by atomic mass is 9.99. The van der Waals surface area contributed by atoms with Crippen LogP contribution in [0.3, 0.4) is 0 Å². The van der Waals surface area contributed by atoms with Gasteiger partial charge in [0.2, 0.25) is 5.91 Å². The minimum absolute atomic E-state index is 0.0133. The number of aromatic nitrogens is 8. The van der Waals surface area contributed by atoms with Crippen LogP contribution in [0.5, 0.6) is 46.0 Å². The van der Waals surface area contributed by atoms with Gasteiger partial charge in [0.15, 0.2) is 69.3 Å². The average Bonchev–Trinajstić information content (AvgIpc) is 1.30. The molecule has 12 heterocycles. The third-order valence-electron chi connectivity index (χ3n) is 26.2. The standard InChI is InChI=1S/C28H31Cl2FN4O4.C26H27Cl2FN4O4.C26H25Cl2FN4O3.C23H23Cl2FN4O2/c1-5-37-22-13-21-18(26(33-14-32-21)34-20-9-8-19(29)24(30)25(20)31)12-23(22)38-17-10-15-6-7-16(11-17)35(15)27(36)39-28(2,3)4;1-26(2,3)37-25(35)33-13-4-5-14(33)9-15(8-13)36-21-10-16-19(11-20(21)34)30-12-31-24(16)32-18-7-6-17(27)22(28)23(18)29;1-3-23(34)33-14-5-6-15(33)10-16(9-14)36-22-11-17-20(12-21(22)35-4-2)30-13-31-26(17)32-19-8-7-18(27)24(28)25(19)29;1-2-31-19-10-18-15(9-20(19)32-14-7-12-3-4-13(8-14)29-12)23(28-11-27-18)30-17-6-5-16(24)21(25)22(17)26/h8-9,12-17H,5-7,10-11H2,1-4H3,(H,32,33,34);6-7,10-15,34H,4-5,8-9H2,1-3H3,(H,30,31,32);3,7-8,11-16H,1,4-6,9-10H2,2H3,(H,30,31,32);5-6,9-14,29H,2-4,7-8H2,1H3,(H,27,28,30)/t15-,16+,17?;13-,14+,15?;14-,15+,16?;12-,13+,14?. The van der Waals surface area contributed by atoms with Crippen LogP contribution in [-0.2, 0) is 14.3 Å². The number of anilines is 8. The summed E-state index contributed by atoms with van der Waals surface area (Å²) in [7, 11) is 0. The maximum atomic E-state index is 14.8. The van der Waals surface area contributed by atoms with E-state index in [2.05, 4.69) is 73.0 Å². The first-order valence-corrected chi connectivity index (χ1v) is 50.7. The van der Waals surface area contributed by atoms with Gasteiger partial charge in [-0.1, -0.05) is 99.4 Å². The van der Waals surface area contributed by atoms with Gasteiger partial charge in [-0.15, -0.1) is 0 Å². The number of amides is 3. The van der Waals surface area contributed by atoms with E-state index in [0.29, 0.717) is 159 Å². The summed E-state index contributed by atoms with van der Waals surface area (Å²) in [6.07, 6.45) is 19.9. The van der Waals surface area contributed by atoms with Crippen LogP contribution in [0.2, 0.25) is 40.2 Å². The highest BCUT2D eigenvalue weighted by Gasteiger charge is 2.49. The van der Waals surface area contributed by atoms with Gasteiger partial charge in [-0.25, -0.2) is 67.0 Å². The summed E-state index contributed by atoms with van der Waals surface area (Å²) in [5.41, 5.74) is 1.74. The summed E-state index contributed by atoms with van der Waals surface area (Å²) in [6, 6.07) is 27.4. The smallest absolute Gasteiger partial charge is 0.410 e. The predicted molar refractivity (Wildman–Crippen MR) is 550 cm³/mol. The molecule has 8 fully saturated rings. The number of rotatable bonds is 23. The Labute approximate surface area is 868 Å². The van der Waals surface area contributed by atoms with E-state index in [0.717, 1.165) is 64.2 Å². The largest absolute Gasteiger partial charge is 0.504 e. The number of nitrogens with one attached hydrogen (secondary N) is 5. The van der Waals surface area contributed by atoms with Crippen molar-refractivity contribution in [2.75, 3.05) is 41.1 Å². The van der Waals surface area contributed by atoms with E-state index in [1.165, 1.54) is 98.8 Å². The summed E-state index contributed by atoms with van der Waals surface area (Å²) in [6.45, 7) is 21.9. The molecule has 8 aliphatic heterocycles. The molecule has 8 bridgehead atoms. The molecule has 20 rings (SSSR count). The van der Waals surface area contributed by atoms with Crippen LogP contribution in [0, 0.1) is 23.3 Å². The van der Waals surface area contributed by atoms with E-state index >= 15 is 0 Å². The number of phenolic OH excluding ortho intramolecular Hbond substituents is 1. The van der Waals surface area contributed by atoms with Crippen LogP contribution >= 0.6 is 92.8 Å². The summed E-state index contributed by atoms with van der Waals surface area (Å²) in [4.78, 5) is 78.1. The molecule has 8 aliphatic rings. The van der Waals surface area contributed by atoms with E-state index in [1.54, 1.807) is 30.3 Å². The van der Waals surface area contributed by atoms with Crippen LogP contribution in [0.1, 0.15) is 165 Å². The molecule has 0 saturated carbocycles. The molecule has 29 nitrogen and oxygen atoms in total. The topological polar surface area (TPSA) is 327 Å². The van der Waals surface area contributed by atoms with Gasteiger partial charge in [-0.3, -0.25) is 4.79 Å². The molecule has 12 atom stereocenters. The molecule has 8 saturated heterocycles. The number of aromatic hydroxyl groups is 1. The van der Waals surface area contributed by atoms with E-state index < -0.39 is 34.5 Å². The number of ether oxygens (including phenoxy) is 9. The second-order valence-electron chi connectivity index (χ2n) is 38.2. The summed E-state index contributed by atoms with van der Waals surface area (Å²) in [5, 5.41) is 28.5.